The summed E-state index contributed by atoms with van der Waals surface area (Å²) in [6, 6.07) is 5.34. The summed E-state index contributed by atoms with van der Waals surface area (Å²) < 4.78 is 57.7. The zero-order valence-corrected chi connectivity index (χ0v) is 23.4. The van der Waals surface area contributed by atoms with E-state index in [4.69, 9.17) is 14.2 Å². The molecule has 2 aliphatic carbocycles. The third-order valence-corrected chi connectivity index (χ3v) is 7.80. The Balaban J connectivity index is 1.63. The Labute approximate surface area is 240 Å². The molecule has 8 nitrogen and oxygen atoms in total. The van der Waals surface area contributed by atoms with E-state index in [1.165, 1.54) is 0 Å². The van der Waals surface area contributed by atoms with Gasteiger partial charge in [0.2, 0.25) is 5.75 Å². The van der Waals surface area contributed by atoms with E-state index in [-0.39, 0.29) is 29.7 Å². The lowest BCUT2D eigenvalue weighted by Gasteiger charge is -2.36. The molecule has 0 saturated carbocycles. The van der Waals surface area contributed by atoms with Gasteiger partial charge in [-0.2, -0.15) is 13.2 Å². The summed E-state index contributed by atoms with van der Waals surface area (Å²) in [5, 5.41) is 11.6. The minimum absolute atomic E-state index is 0.0643. The van der Waals surface area contributed by atoms with Crippen molar-refractivity contribution in [1.29, 1.82) is 0 Å². The van der Waals surface area contributed by atoms with Gasteiger partial charge in [-0.3, -0.25) is 19.7 Å². The Hall–Kier alpha value is -3.42. The van der Waals surface area contributed by atoms with Crippen molar-refractivity contribution in [2.24, 2.45) is 0 Å². The minimum Gasteiger partial charge on any atom is -0.490 e. The Bertz CT molecular complexity index is 1450. The summed E-state index contributed by atoms with van der Waals surface area (Å²) in [7, 11) is 0. The maximum Gasteiger partial charge on any atom is 0.416 e. The van der Waals surface area contributed by atoms with Gasteiger partial charge in [-0.05, 0) is 72.2 Å². The van der Waals surface area contributed by atoms with E-state index in [2.05, 4.69) is 0 Å². The van der Waals surface area contributed by atoms with Gasteiger partial charge in [0.05, 0.1) is 20.7 Å². The van der Waals surface area contributed by atoms with Crippen molar-refractivity contribution in [2.45, 2.75) is 57.5 Å². The summed E-state index contributed by atoms with van der Waals surface area (Å²) in [6.07, 6.45) is -1.63. The van der Waals surface area contributed by atoms with E-state index in [1.807, 2.05) is 22.6 Å². The molecule has 0 N–H and O–H groups in total. The summed E-state index contributed by atoms with van der Waals surface area (Å²) in [5.41, 5.74) is -0.539. The maximum absolute atomic E-state index is 13.2. The van der Waals surface area contributed by atoms with Gasteiger partial charge in [0.25, 0.3) is 0 Å². The van der Waals surface area contributed by atoms with E-state index in [0.717, 1.165) is 6.07 Å². The predicted octanol–water partition coefficient (Wildman–Crippen LogP) is 7.54. The van der Waals surface area contributed by atoms with Crippen LogP contribution in [0.25, 0.3) is 0 Å². The first-order chi connectivity index (χ1) is 19.0. The molecule has 0 atom stereocenters. The van der Waals surface area contributed by atoms with Crippen LogP contribution in [0.15, 0.2) is 53.0 Å². The Morgan fingerprint density at radius 2 is 1.62 bits per heavy atom. The van der Waals surface area contributed by atoms with Gasteiger partial charge in [0.1, 0.15) is 11.5 Å². The molecule has 0 radical (unpaired) electrons. The number of halogens is 4. The number of alkyl halides is 3. The first kappa shape index (κ1) is 28.1. The van der Waals surface area contributed by atoms with Crippen molar-refractivity contribution >= 4 is 39.8 Å². The van der Waals surface area contributed by atoms with Crippen LogP contribution in [-0.2, 0) is 20.5 Å². The van der Waals surface area contributed by atoms with Crippen molar-refractivity contribution in [3.05, 3.63) is 77.8 Å². The highest BCUT2D eigenvalue weighted by atomic mass is 127. The lowest BCUT2D eigenvalue weighted by molar-refractivity contribution is -0.385. The van der Waals surface area contributed by atoms with Crippen LogP contribution in [0.4, 0.5) is 18.9 Å². The van der Waals surface area contributed by atoms with Crippen LogP contribution in [0.5, 0.6) is 17.2 Å². The molecule has 0 aromatic heterocycles. The molecule has 210 valence electrons. The fourth-order valence-corrected chi connectivity index (χ4v) is 6.04. The number of Topliss-reactive ketones (excluding diaryl/α,β-unsaturated/α-hetero) is 2. The number of allylic oxidation sites excluding steroid dienone is 4. The maximum atomic E-state index is 13.2. The fourth-order valence-electron chi connectivity index (χ4n) is 5.30. The molecule has 40 heavy (non-hydrogen) atoms. The number of hydrogen-bond acceptors (Lipinski definition) is 7. The number of nitro groups is 1. The van der Waals surface area contributed by atoms with Crippen LogP contribution in [0.2, 0.25) is 0 Å². The van der Waals surface area contributed by atoms with Gasteiger partial charge in [-0.1, -0.05) is 0 Å². The first-order valence-corrected chi connectivity index (χ1v) is 13.8. The van der Waals surface area contributed by atoms with Gasteiger partial charge >= 0.3 is 11.9 Å². The largest absolute Gasteiger partial charge is 0.490 e. The minimum atomic E-state index is -4.77. The highest BCUT2D eigenvalue weighted by Gasteiger charge is 2.42. The van der Waals surface area contributed by atoms with E-state index in [1.54, 1.807) is 19.1 Å². The number of ether oxygens (including phenoxy) is 3. The molecule has 0 fully saturated rings. The number of ketones is 2. The normalized spacial score (nSPS) is 17.8. The van der Waals surface area contributed by atoms with E-state index < -0.39 is 34.0 Å². The quantitative estimate of drug-likeness (QED) is 0.178. The van der Waals surface area contributed by atoms with E-state index in [0.29, 0.717) is 82.5 Å². The predicted molar refractivity (Wildman–Crippen MR) is 144 cm³/mol. The molecular weight excluding hydrogens is 646 g/mol. The van der Waals surface area contributed by atoms with Crippen molar-refractivity contribution < 1.29 is 41.9 Å². The lowest BCUT2D eigenvalue weighted by Crippen LogP contribution is -2.30. The van der Waals surface area contributed by atoms with Crippen molar-refractivity contribution in [1.82, 2.24) is 0 Å². The third kappa shape index (κ3) is 5.20. The van der Waals surface area contributed by atoms with Gasteiger partial charge in [-0.15, -0.1) is 0 Å². The van der Waals surface area contributed by atoms with E-state index >= 15 is 0 Å². The Kier molecular flexibility index (Phi) is 7.64. The van der Waals surface area contributed by atoms with Crippen LogP contribution in [-0.4, -0.2) is 23.1 Å². The van der Waals surface area contributed by atoms with E-state index in [9.17, 15) is 32.9 Å². The third-order valence-electron chi connectivity index (χ3n) is 7.00. The number of hydrogen-bond donors (Lipinski definition) is 0. The monoisotopic (exact) mass is 669 g/mol. The first-order valence-electron chi connectivity index (χ1n) is 12.7. The average Bonchev–Trinajstić information content (AvgIpc) is 2.89. The van der Waals surface area contributed by atoms with Crippen molar-refractivity contribution in [3.8, 4) is 17.2 Å². The molecular formula is C28H23F3INO7. The van der Waals surface area contributed by atoms with Crippen LogP contribution < -0.4 is 9.47 Å². The summed E-state index contributed by atoms with van der Waals surface area (Å²) in [4.78, 5) is 36.9. The lowest BCUT2D eigenvalue weighted by atomic mass is 9.73. The fraction of sp³-hybridized carbons (Fsp3) is 0.357. The molecule has 2 aromatic carbocycles. The number of carbonyl (C=O) groups is 2. The van der Waals surface area contributed by atoms with Crippen molar-refractivity contribution in [2.75, 3.05) is 6.61 Å². The number of nitrogens with zero attached hydrogens (tertiary/aromatic N) is 1. The molecule has 0 amide bonds. The molecule has 0 bridgehead atoms. The van der Waals surface area contributed by atoms with Gasteiger partial charge in [0, 0.05) is 48.8 Å². The Morgan fingerprint density at radius 3 is 2.17 bits per heavy atom. The second-order valence-corrected chi connectivity index (χ2v) is 10.7. The molecule has 0 spiro atoms. The number of carbonyl (C=O) groups excluding carboxylic acids is 2. The molecule has 2 aromatic rings. The molecule has 0 unspecified atom stereocenters. The molecule has 3 aliphatic rings. The molecule has 1 aliphatic heterocycles. The topological polar surface area (TPSA) is 105 Å². The van der Waals surface area contributed by atoms with Crippen LogP contribution >= 0.6 is 22.6 Å². The Morgan fingerprint density at radius 1 is 1.00 bits per heavy atom. The number of nitro benzene ring substituents is 1. The van der Waals surface area contributed by atoms with Gasteiger partial charge in [0.15, 0.2) is 23.1 Å². The molecule has 12 heteroatoms. The van der Waals surface area contributed by atoms with Crippen LogP contribution in [0, 0.1) is 13.7 Å². The summed E-state index contributed by atoms with van der Waals surface area (Å²) in [5.74, 6) is 0.133. The van der Waals surface area contributed by atoms with Crippen molar-refractivity contribution in [3.63, 3.8) is 0 Å². The highest BCUT2D eigenvalue weighted by molar-refractivity contribution is 14.1. The highest BCUT2D eigenvalue weighted by Crippen LogP contribution is 2.50. The molecule has 5 rings (SSSR count). The van der Waals surface area contributed by atoms with Gasteiger partial charge < -0.3 is 14.2 Å². The number of benzene rings is 2. The summed E-state index contributed by atoms with van der Waals surface area (Å²) in [6.45, 7) is 1.90. The average molecular weight is 669 g/mol. The second kappa shape index (κ2) is 10.9. The molecule has 1 heterocycles. The SMILES string of the molecule is CCOc1cc(C2C3=C(CCCC3=O)OC3=C2C(=O)CCC3)cc(I)c1Oc1ccc(C(F)(F)F)cc1[N+](=O)[O-]. The zero-order valence-electron chi connectivity index (χ0n) is 21.2. The zero-order chi connectivity index (χ0) is 28.8. The number of rotatable bonds is 6. The summed E-state index contributed by atoms with van der Waals surface area (Å²) >= 11 is 1.94. The molecule has 0 saturated heterocycles. The van der Waals surface area contributed by atoms with Crippen LogP contribution in [0.3, 0.4) is 0 Å². The second-order valence-electron chi connectivity index (χ2n) is 9.56. The smallest absolute Gasteiger partial charge is 0.416 e. The van der Waals surface area contributed by atoms with Crippen LogP contribution in [0.1, 0.15) is 62.5 Å². The standard InChI is InChI=1S/C28H23F3INO7/c1-2-38-23-12-14(24-25-18(34)5-3-7-21(25)39-22-8-4-6-19(35)26(22)24)11-16(32)27(23)40-20-10-9-15(28(29,30)31)13-17(20)33(36)37/h9-13,24H,2-8H2,1H3. The van der Waals surface area contributed by atoms with Gasteiger partial charge in [-0.25, -0.2) is 0 Å².